The Bertz CT molecular complexity index is 501. The lowest BCUT2D eigenvalue weighted by atomic mass is 9.96. The third-order valence-electron chi connectivity index (χ3n) is 4.07. The molecule has 0 aromatic heterocycles. The highest BCUT2D eigenvalue weighted by Gasteiger charge is 2.32. The van der Waals surface area contributed by atoms with E-state index in [1.54, 1.807) is 6.07 Å². The van der Waals surface area contributed by atoms with Gasteiger partial charge in [-0.3, -0.25) is 4.79 Å². The number of hydrogen-bond acceptors (Lipinski definition) is 2. The zero-order valence-electron chi connectivity index (χ0n) is 10.1. The van der Waals surface area contributed by atoms with Crippen LogP contribution in [0.3, 0.4) is 0 Å². The zero-order chi connectivity index (χ0) is 12.7. The van der Waals surface area contributed by atoms with Gasteiger partial charge in [-0.05, 0) is 42.9 Å². The standard InChI is InChI=1S/C14H16FNO2/c15-12-5-9-3-1-2-8(9)4-11(12)13-6-10(7-16-13)14(17)18/h4-5,10,13,16H,1-3,6-7H2,(H,17,18). The Labute approximate surface area is 105 Å². The number of aryl methyl sites for hydroxylation is 2. The molecule has 0 bridgehead atoms. The second-order valence-corrected chi connectivity index (χ2v) is 5.23. The van der Waals surface area contributed by atoms with Gasteiger partial charge in [-0.15, -0.1) is 0 Å². The minimum atomic E-state index is -0.799. The molecular weight excluding hydrogens is 233 g/mol. The van der Waals surface area contributed by atoms with Crippen molar-refractivity contribution in [2.45, 2.75) is 31.7 Å². The van der Waals surface area contributed by atoms with Gasteiger partial charge in [-0.2, -0.15) is 0 Å². The molecule has 2 N–H and O–H groups in total. The van der Waals surface area contributed by atoms with Crippen LogP contribution in [0.5, 0.6) is 0 Å². The van der Waals surface area contributed by atoms with E-state index < -0.39 is 11.9 Å². The van der Waals surface area contributed by atoms with Crippen molar-refractivity contribution in [3.63, 3.8) is 0 Å². The summed E-state index contributed by atoms with van der Waals surface area (Å²) in [5.74, 6) is -1.39. The van der Waals surface area contributed by atoms with Crippen molar-refractivity contribution in [3.05, 3.63) is 34.6 Å². The van der Waals surface area contributed by atoms with Crippen LogP contribution >= 0.6 is 0 Å². The molecular formula is C14H16FNO2. The summed E-state index contributed by atoms with van der Waals surface area (Å²) in [6.45, 7) is 0.427. The van der Waals surface area contributed by atoms with Gasteiger partial charge in [0.25, 0.3) is 0 Å². The SMILES string of the molecule is O=C(O)C1CNC(c2cc3c(cc2F)CCC3)C1. The molecule has 0 saturated carbocycles. The number of carboxylic acid groups (broad SMARTS) is 1. The summed E-state index contributed by atoms with van der Waals surface area (Å²) in [7, 11) is 0. The predicted molar refractivity (Wildman–Crippen MR) is 64.9 cm³/mol. The molecule has 2 unspecified atom stereocenters. The van der Waals surface area contributed by atoms with Gasteiger partial charge in [-0.1, -0.05) is 6.07 Å². The monoisotopic (exact) mass is 249 g/mol. The largest absolute Gasteiger partial charge is 0.481 e. The van der Waals surface area contributed by atoms with Crippen molar-refractivity contribution in [3.8, 4) is 0 Å². The van der Waals surface area contributed by atoms with Crippen LogP contribution < -0.4 is 5.32 Å². The normalized spacial score (nSPS) is 26.3. The summed E-state index contributed by atoms with van der Waals surface area (Å²) in [6.07, 6.45) is 3.54. The molecule has 3 nitrogen and oxygen atoms in total. The first-order valence-corrected chi connectivity index (χ1v) is 6.42. The third kappa shape index (κ3) is 1.90. The van der Waals surface area contributed by atoms with Gasteiger partial charge >= 0.3 is 5.97 Å². The molecule has 1 aliphatic heterocycles. The first-order valence-electron chi connectivity index (χ1n) is 6.42. The number of carboxylic acids is 1. The minimum Gasteiger partial charge on any atom is -0.481 e. The van der Waals surface area contributed by atoms with Gasteiger partial charge in [-0.25, -0.2) is 4.39 Å². The topological polar surface area (TPSA) is 49.3 Å². The average molecular weight is 249 g/mol. The van der Waals surface area contributed by atoms with Crippen LogP contribution in [0.2, 0.25) is 0 Å². The first-order chi connectivity index (χ1) is 8.65. The van der Waals surface area contributed by atoms with Gasteiger partial charge < -0.3 is 10.4 Å². The summed E-state index contributed by atoms with van der Waals surface area (Å²) in [5.41, 5.74) is 2.98. The van der Waals surface area contributed by atoms with Crippen LogP contribution in [0.1, 0.15) is 35.6 Å². The summed E-state index contributed by atoms with van der Waals surface area (Å²) in [6, 6.07) is 3.41. The van der Waals surface area contributed by atoms with E-state index in [9.17, 15) is 9.18 Å². The number of halogens is 1. The fraction of sp³-hybridized carbons (Fsp3) is 0.500. The van der Waals surface area contributed by atoms with Gasteiger partial charge in [0.1, 0.15) is 5.82 Å². The van der Waals surface area contributed by atoms with Crippen LogP contribution in [0, 0.1) is 11.7 Å². The molecule has 1 aliphatic carbocycles. The Morgan fingerprint density at radius 1 is 1.33 bits per heavy atom. The van der Waals surface area contributed by atoms with Crippen molar-refractivity contribution in [2.24, 2.45) is 5.92 Å². The summed E-state index contributed by atoms with van der Waals surface area (Å²) >= 11 is 0. The van der Waals surface area contributed by atoms with Crippen LogP contribution in [0.25, 0.3) is 0 Å². The zero-order valence-corrected chi connectivity index (χ0v) is 10.1. The Balaban J connectivity index is 1.87. The second-order valence-electron chi connectivity index (χ2n) is 5.23. The molecule has 1 fully saturated rings. The lowest BCUT2D eigenvalue weighted by Gasteiger charge is -2.14. The molecule has 0 amide bonds. The molecule has 3 rings (SSSR count). The number of nitrogens with one attached hydrogen (secondary N) is 1. The Kier molecular flexibility index (Phi) is 2.82. The van der Waals surface area contributed by atoms with Crippen LogP contribution in [0.4, 0.5) is 4.39 Å². The second kappa shape index (κ2) is 4.35. The fourth-order valence-corrected chi connectivity index (χ4v) is 3.04. The molecule has 18 heavy (non-hydrogen) atoms. The highest BCUT2D eigenvalue weighted by atomic mass is 19.1. The van der Waals surface area contributed by atoms with Crippen molar-refractivity contribution < 1.29 is 14.3 Å². The number of aliphatic carboxylic acids is 1. The van der Waals surface area contributed by atoms with E-state index in [-0.39, 0.29) is 11.9 Å². The Morgan fingerprint density at radius 3 is 2.72 bits per heavy atom. The maximum atomic E-state index is 14.0. The van der Waals surface area contributed by atoms with E-state index in [1.807, 2.05) is 6.07 Å². The summed E-state index contributed by atoms with van der Waals surface area (Å²) in [4.78, 5) is 10.9. The quantitative estimate of drug-likeness (QED) is 0.843. The van der Waals surface area contributed by atoms with E-state index in [1.165, 1.54) is 5.56 Å². The van der Waals surface area contributed by atoms with E-state index in [0.29, 0.717) is 18.5 Å². The van der Waals surface area contributed by atoms with Crippen molar-refractivity contribution in [2.75, 3.05) is 6.54 Å². The lowest BCUT2D eigenvalue weighted by molar-refractivity contribution is -0.141. The van der Waals surface area contributed by atoms with Gasteiger partial charge in [0, 0.05) is 18.2 Å². The van der Waals surface area contributed by atoms with Crippen molar-refractivity contribution >= 4 is 5.97 Å². The average Bonchev–Trinajstić information content (AvgIpc) is 2.94. The molecule has 1 heterocycles. The molecule has 0 radical (unpaired) electrons. The molecule has 96 valence electrons. The molecule has 1 aromatic rings. The highest BCUT2D eigenvalue weighted by Crippen LogP contribution is 2.33. The molecule has 1 saturated heterocycles. The van der Waals surface area contributed by atoms with E-state index in [4.69, 9.17) is 5.11 Å². The summed E-state index contributed by atoms with van der Waals surface area (Å²) < 4.78 is 14.0. The number of fused-ring (bicyclic) bond motifs is 1. The summed E-state index contributed by atoms with van der Waals surface area (Å²) in [5, 5.41) is 12.1. The van der Waals surface area contributed by atoms with E-state index in [0.717, 1.165) is 24.8 Å². The van der Waals surface area contributed by atoms with Gasteiger partial charge in [0.05, 0.1) is 5.92 Å². The molecule has 0 spiro atoms. The minimum absolute atomic E-state index is 0.156. The van der Waals surface area contributed by atoms with Gasteiger partial charge in [0.2, 0.25) is 0 Å². The number of rotatable bonds is 2. The number of carbonyl (C=O) groups is 1. The maximum Gasteiger partial charge on any atom is 0.307 e. The number of benzene rings is 1. The molecule has 2 aliphatic rings. The van der Waals surface area contributed by atoms with E-state index >= 15 is 0 Å². The molecule has 4 heteroatoms. The predicted octanol–water partition coefficient (Wildman–Crippen LogP) is 2.05. The van der Waals surface area contributed by atoms with Crippen molar-refractivity contribution in [1.82, 2.24) is 5.32 Å². The smallest absolute Gasteiger partial charge is 0.307 e. The first kappa shape index (κ1) is 11.7. The van der Waals surface area contributed by atoms with Crippen LogP contribution in [-0.4, -0.2) is 17.6 Å². The molecule has 2 atom stereocenters. The highest BCUT2D eigenvalue weighted by molar-refractivity contribution is 5.70. The third-order valence-corrected chi connectivity index (χ3v) is 4.07. The lowest BCUT2D eigenvalue weighted by Crippen LogP contribution is -2.17. The van der Waals surface area contributed by atoms with Gasteiger partial charge in [0.15, 0.2) is 0 Å². The Hall–Kier alpha value is -1.42. The fourth-order valence-electron chi connectivity index (χ4n) is 3.04. The van der Waals surface area contributed by atoms with E-state index in [2.05, 4.69) is 5.32 Å². The number of hydrogen-bond donors (Lipinski definition) is 2. The Morgan fingerprint density at radius 2 is 2.06 bits per heavy atom. The van der Waals surface area contributed by atoms with Crippen LogP contribution in [-0.2, 0) is 17.6 Å². The van der Waals surface area contributed by atoms with Crippen molar-refractivity contribution in [1.29, 1.82) is 0 Å². The van der Waals surface area contributed by atoms with Crippen LogP contribution in [0.15, 0.2) is 12.1 Å². The molecule has 1 aromatic carbocycles. The maximum absolute atomic E-state index is 14.0.